The van der Waals surface area contributed by atoms with Crippen LogP contribution in [0.25, 0.3) is 17.0 Å². The van der Waals surface area contributed by atoms with Gasteiger partial charge in [0.15, 0.2) is 17.8 Å². The van der Waals surface area contributed by atoms with Gasteiger partial charge in [-0.3, -0.25) is 4.79 Å². The molecule has 1 aliphatic carbocycles. The minimum absolute atomic E-state index is 0.179. The Kier molecular flexibility index (Phi) is 4.24. The fourth-order valence-electron chi connectivity index (χ4n) is 3.79. The minimum Gasteiger partial charge on any atom is -0.444 e. The summed E-state index contributed by atoms with van der Waals surface area (Å²) < 4.78 is 7.22. The lowest BCUT2D eigenvalue weighted by molar-refractivity contribution is 0.102. The third-order valence-electron chi connectivity index (χ3n) is 5.28. The van der Waals surface area contributed by atoms with Crippen LogP contribution < -0.4 is 5.32 Å². The molecule has 1 aliphatic rings. The standard InChI is InChI=1S/C23H20N4O2/c1-15-5-11-18(12-6-15)27-20-4-2-3-19(20)22(26-27)23(28)25-17-9-7-16(8-10-17)21-13-24-14-29-21/h5-14H,2-4H2,1H3,(H,25,28). The van der Waals surface area contributed by atoms with Gasteiger partial charge in [0.05, 0.1) is 11.9 Å². The maximum Gasteiger partial charge on any atom is 0.276 e. The molecule has 2 aromatic heterocycles. The summed E-state index contributed by atoms with van der Waals surface area (Å²) >= 11 is 0. The fourth-order valence-corrected chi connectivity index (χ4v) is 3.79. The number of rotatable bonds is 4. The van der Waals surface area contributed by atoms with Gasteiger partial charge in [0.25, 0.3) is 5.91 Å². The van der Waals surface area contributed by atoms with Crippen molar-refractivity contribution in [2.45, 2.75) is 26.2 Å². The van der Waals surface area contributed by atoms with E-state index in [1.54, 1.807) is 6.20 Å². The highest BCUT2D eigenvalue weighted by molar-refractivity contribution is 6.04. The lowest BCUT2D eigenvalue weighted by atomic mass is 10.1. The van der Waals surface area contributed by atoms with Crippen molar-refractivity contribution in [3.63, 3.8) is 0 Å². The number of fused-ring (bicyclic) bond motifs is 1. The molecule has 2 heterocycles. The van der Waals surface area contributed by atoms with E-state index < -0.39 is 0 Å². The van der Waals surface area contributed by atoms with Crippen LogP contribution in [0.2, 0.25) is 0 Å². The van der Waals surface area contributed by atoms with Crippen LogP contribution in [0.5, 0.6) is 0 Å². The molecule has 0 radical (unpaired) electrons. The SMILES string of the molecule is Cc1ccc(-n2nc(C(=O)Nc3ccc(-c4cnco4)cc3)c3c2CCC3)cc1. The van der Waals surface area contributed by atoms with Crippen molar-refractivity contribution in [2.24, 2.45) is 0 Å². The maximum atomic E-state index is 13.0. The summed E-state index contributed by atoms with van der Waals surface area (Å²) in [5, 5.41) is 7.64. The molecule has 1 N–H and O–H groups in total. The van der Waals surface area contributed by atoms with E-state index in [-0.39, 0.29) is 5.91 Å². The predicted molar refractivity (Wildman–Crippen MR) is 110 cm³/mol. The Morgan fingerprint density at radius 1 is 1.07 bits per heavy atom. The van der Waals surface area contributed by atoms with Crippen LogP contribution in [-0.4, -0.2) is 20.7 Å². The van der Waals surface area contributed by atoms with Gasteiger partial charge < -0.3 is 9.73 Å². The topological polar surface area (TPSA) is 73.0 Å². The number of aryl methyl sites for hydroxylation is 1. The third kappa shape index (κ3) is 3.23. The summed E-state index contributed by atoms with van der Waals surface area (Å²) in [4.78, 5) is 16.9. The van der Waals surface area contributed by atoms with Crippen molar-refractivity contribution < 1.29 is 9.21 Å². The lowest BCUT2D eigenvalue weighted by Gasteiger charge is -2.06. The van der Waals surface area contributed by atoms with Crippen molar-refractivity contribution in [2.75, 3.05) is 5.32 Å². The number of anilines is 1. The van der Waals surface area contributed by atoms with Crippen LogP contribution in [0.3, 0.4) is 0 Å². The minimum atomic E-state index is -0.179. The van der Waals surface area contributed by atoms with E-state index in [1.165, 1.54) is 12.0 Å². The van der Waals surface area contributed by atoms with Crippen LogP contribution >= 0.6 is 0 Å². The number of oxazole rings is 1. The Labute approximate surface area is 168 Å². The third-order valence-corrected chi connectivity index (χ3v) is 5.28. The highest BCUT2D eigenvalue weighted by Gasteiger charge is 2.27. The van der Waals surface area contributed by atoms with Gasteiger partial charge >= 0.3 is 0 Å². The van der Waals surface area contributed by atoms with E-state index in [0.717, 1.165) is 47.5 Å². The Hall–Kier alpha value is -3.67. The average molecular weight is 384 g/mol. The van der Waals surface area contributed by atoms with E-state index in [0.29, 0.717) is 11.5 Å². The number of nitrogens with zero attached hydrogens (tertiary/aromatic N) is 3. The number of carbonyl (C=O) groups is 1. The zero-order chi connectivity index (χ0) is 19.8. The van der Waals surface area contributed by atoms with E-state index in [9.17, 15) is 4.79 Å². The largest absolute Gasteiger partial charge is 0.444 e. The summed E-state index contributed by atoms with van der Waals surface area (Å²) in [6.07, 6.45) is 5.93. The molecule has 0 bridgehead atoms. The first-order valence-corrected chi connectivity index (χ1v) is 9.67. The molecule has 144 valence electrons. The van der Waals surface area contributed by atoms with Gasteiger partial charge in [-0.2, -0.15) is 5.10 Å². The van der Waals surface area contributed by atoms with Gasteiger partial charge in [-0.05, 0) is 62.6 Å². The molecule has 0 atom stereocenters. The highest BCUT2D eigenvalue weighted by atomic mass is 16.3. The molecule has 0 aliphatic heterocycles. The van der Waals surface area contributed by atoms with E-state index in [1.807, 2.05) is 41.1 Å². The molecule has 2 aromatic carbocycles. The van der Waals surface area contributed by atoms with E-state index in [2.05, 4.69) is 34.5 Å². The summed E-state index contributed by atoms with van der Waals surface area (Å²) in [5.41, 5.74) is 6.52. The smallest absolute Gasteiger partial charge is 0.276 e. The maximum absolute atomic E-state index is 13.0. The molecule has 0 unspecified atom stereocenters. The summed E-state index contributed by atoms with van der Waals surface area (Å²) in [7, 11) is 0. The van der Waals surface area contributed by atoms with Gasteiger partial charge in [0.1, 0.15) is 0 Å². The molecule has 4 aromatic rings. The highest BCUT2D eigenvalue weighted by Crippen LogP contribution is 2.29. The van der Waals surface area contributed by atoms with E-state index >= 15 is 0 Å². The number of nitrogens with one attached hydrogen (secondary N) is 1. The molecule has 0 spiro atoms. The lowest BCUT2D eigenvalue weighted by Crippen LogP contribution is -2.15. The van der Waals surface area contributed by atoms with Crippen molar-refractivity contribution >= 4 is 11.6 Å². The molecule has 5 rings (SSSR count). The van der Waals surface area contributed by atoms with Gasteiger partial charge in [0, 0.05) is 22.5 Å². The Morgan fingerprint density at radius 2 is 1.86 bits per heavy atom. The number of carbonyl (C=O) groups excluding carboxylic acids is 1. The number of hydrogen-bond donors (Lipinski definition) is 1. The first kappa shape index (κ1) is 17.4. The zero-order valence-electron chi connectivity index (χ0n) is 16.1. The number of aromatic nitrogens is 3. The molecule has 29 heavy (non-hydrogen) atoms. The second-order valence-corrected chi connectivity index (χ2v) is 7.27. The van der Waals surface area contributed by atoms with Gasteiger partial charge in [0.2, 0.25) is 0 Å². The Bertz CT molecular complexity index is 1160. The van der Waals surface area contributed by atoms with Crippen molar-refractivity contribution in [3.05, 3.63) is 83.6 Å². The molecule has 0 fully saturated rings. The first-order chi connectivity index (χ1) is 14.2. The second-order valence-electron chi connectivity index (χ2n) is 7.27. The van der Waals surface area contributed by atoms with Crippen molar-refractivity contribution in [3.8, 4) is 17.0 Å². The molecular formula is C23H20N4O2. The molecule has 6 heteroatoms. The summed E-state index contributed by atoms with van der Waals surface area (Å²) in [6, 6.07) is 15.7. The van der Waals surface area contributed by atoms with Crippen LogP contribution in [0.1, 0.15) is 33.7 Å². The summed E-state index contributed by atoms with van der Waals surface area (Å²) in [6.45, 7) is 2.06. The van der Waals surface area contributed by atoms with Crippen LogP contribution in [0.15, 0.2) is 65.5 Å². The van der Waals surface area contributed by atoms with Crippen LogP contribution in [-0.2, 0) is 12.8 Å². The number of benzene rings is 2. The van der Waals surface area contributed by atoms with Gasteiger partial charge in [-0.25, -0.2) is 9.67 Å². The van der Waals surface area contributed by atoms with Crippen LogP contribution in [0, 0.1) is 6.92 Å². The Balaban J connectivity index is 1.41. The number of amides is 1. The predicted octanol–water partition coefficient (Wildman–Crippen LogP) is 4.58. The van der Waals surface area contributed by atoms with Crippen molar-refractivity contribution in [1.82, 2.24) is 14.8 Å². The molecule has 6 nitrogen and oxygen atoms in total. The van der Waals surface area contributed by atoms with Crippen LogP contribution in [0.4, 0.5) is 5.69 Å². The molecule has 0 saturated heterocycles. The molecule has 1 amide bonds. The van der Waals surface area contributed by atoms with Gasteiger partial charge in [-0.1, -0.05) is 17.7 Å². The fraction of sp³-hybridized carbons (Fsp3) is 0.174. The van der Waals surface area contributed by atoms with Crippen molar-refractivity contribution in [1.29, 1.82) is 0 Å². The summed E-state index contributed by atoms with van der Waals surface area (Å²) in [5.74, 6) is 0.513. The van der Waals surface area contributed by atoms with Gasteiger partial charge in [-0.15, -0.1) is 0 Å². The average Bonchev–Trinajstić information content (AvgIpc) is 3.47. The number of hydrogen-bond acceptors (Lipinski definition) is 4. The first-order valence-electron chi connectivity index (χ1n) is 9.67. The molecular weight excluding hydrogens is 364 g/mol. The second kappa shape index (κ2) is 7.05. The monoisotopic (exact) mass is 384 g/mol. The van der Waals surface area contributed by atoms with E-state index in [4.69, 9.17) is 4.42 Å². The quantitative estimate of drug-likeness (QED) is 0.559. The zero-order valence-corrected chi connectivity index (χ0v) is 16.1. The molecule has 0 saturated carbocycles. The Morgan fingerprint density at radius 3 is 2.59 bits per heavy atom. The normalized spacial score (nSPS) is 12.7.